The van der Waals surface area contributed by atoms with Crippen LogP contribution >= 0.6 is 0 Å². The summed E-state index contributed by atoms with van der Waals surface area (Å²) in [6.45, 7) is 6.41. The van der Waals surface area contributed by atoms with Gasteiger partial charge in [-0.3, -0.25) is 9.36 Å². The van der Waals surface area contributed by atoms with Gasteiger partial charge in [-0.2, -0.15) is 0 Å². The van der Waals surface area contributed by atoms with E-state index in [0.717, 1.165) is 44.0 Å². The summed E-state index contributed by atoms with van der Waals surface area (Å²) in [6.07, 6.45) is 9.05. The number of nitrogens with zero attached hydrogens (tertiary/aromatic N) is 5. The summed E-state index contributed by atoms with van der Waals surface area (Å²) in [5.74, 6) is 1.31. The first-order chi connectivity index (χ1) is 10.6. The van der Waals surface area contributed by atoms with Gasteiger partial charge in [0.05, 0.1) is 6.33 Å². The molecule has 0 unspecified atom stereocenters. The van der Waals surface area contributed by atoms with Crippen molar-refractivity contribution in [3.8, 4) is 0 Å². The van der Waals surface area contributed by atoms with Gasteiger partial charge in [0, 0.05) is 43.8 Å². The van der Waals surface area contributed by atoms with Crippen molar-refractivity contribution in [2.75, 3.05) is 18.0 Å². The molecule has 3 rings (SSSR count). The number of anilines is 1. The SMILES string of the molecule is Cc1cnc(N2CCC(Cn3cncc(C)c3=O)CC2)nc1. The Hall–Kier alpha value is -2.24. The lowest BCUT2D eigenvalue weighted by Crippen LogP contribution is -2.37. The van der Waals surface area contributed by atoms with Crippen LogP contribution in [-0.2, 0) is 6.54 Å². The van der Waals surface area contributed by atoms with Gasteiger partial charge in [0.2, 0.25) is 5.95 Å². The van der Waals surface area contributed by atoms with Gasteiger partial charge in [-0.1, -0.05) is 0 Å². The zero-order valence-corrected chi connectivity index (χ0v) is 13.1. The highest BCUT2D eigenvalue weighted by molar-refractivity contribution is 5.30. The van der Waals surface area contributed by atoms with E-state index in [1.807, 2.05) is 26.2 Å². The summed E-state index contributed by atoms with van der Waals surface area (Å²) < 4.78 is 1.73. The molecule has 6 heteroatoms. The first-order valence-corrected chi connectivity index (χ1v) is 7.68. The number of rotatable bonds is 3. The molecule has 2 aromatic rings. The second-order valence-electron chi connectivity index (χ2n) is 6.03. The van der Waals surface area contributed by atoms with Crippen molar-refractivity contribution >= 4 is 5.95 Å². The molecule has 0 bridgehead atoms. The predicted molar refractivity (Wildman–Crippen MR) is 84.9 cm³/mol. The Morgan fingerprint density at radius 2 is 1.82 bits per heavy atom. The van der Waals surface area contributed by atoms with Crippen LogP contribution in [0.1, 0.15) is 24.0 Å². The molecule has 0 N–H and O–H groups in total. The molecule has 1 aliphatic rings. The molecule has 6 nitrogen and oxygen atoms in total. The summed E-state index contributed by atoms with van der Waals surface area (Å²) in [7, 11) is 0. The van der Waals surface area contributed by atoms with E-state index in [9.17, 15) is 4.79 Å². The minimum absolute atomic E-state index is 0.0688. The average molecular weight is 299 g/mol. The number of aryl methyl sites for hydroxylation is 2. The highest BCUT2D eigenvalue weighted by atomic mass is 16.1. The normalized spacial score (nSPS) is 16.0. The Balaban J connectivity index is 1.61. The highest BCUT2D eigenvalue weighted by Gasteiger charge is 2.21. The van der Waals surface area contributed by atoms with Crippen LogP contribution in [-0.4, -0.2) is 32.6 Å². The van der Waals surface area contributed by atoms with Crippen LogP contribution in [0.3, 0.4) is 0 Å². The average Bonchev–Trinajstić information content (AvgIpc) is 2.53. The van der Waals surface area contributed by atoms with Gasteiger partial charge >= 0.3 is 0 Å². The van der Waals surface area contributed by atoms with Crippen molar-refractivity contribution in [3.63, 3.8) is 0 Å². The zero-order valence-electron chi connectivity index (χ0n) is 13.1. The zero-order chi connectivity index (χ0) is 15.5. The third-order valence-electron chi connectivity index (χ3n) is 4.19. The monoisotopic (exact) mass is 299 g/mol. The molecule has 2 aromatic heterocycles. The fraction of sp³-hybridized carbons (Fsp3) is 0.500. The molecule has 0 atom stereocenters. The maximum atomic E-state index is 12.1. The number of piperidine rings is 1. The maximum Gasteiger partial charge on any atom is 0.256 e. The Bertz CT molecular complexity index is 686. The molecular formula is C16H21N5O. The largest absolute Gasteiger partial charge is 0.341 e. The van der Waals surface area contributed by atoms with E-state index in [4.69, 9.17) is 0 Å². The number of aromatic nitrogens is 4. The Kier molecular flexibility index (Phi) is 4.18. The van der Waals surface area contributed by atoms with E-state index in [1.54, 1.807) is 17.1 Å². The molecule has 3 heterocycles. The molecular weight excluding hydrogens is 278 g/mol. The van der Waals surface area contributed by atoms with E-state index >= 15 is 0 Å². The fourth-order valence-electron chi connectivity index (χ4n) is 2.83. The van der Waals surface area contributed by atoms with Gasteiger partial charge < -0.3 is 4.90 Å². The molecule has 22 heavy (non-hydrogen) atoms. The lowest BCUT2D eigenvalue weighted by molar-refractivity contribution is 0.348. The van der Waals surface area contributed by atoms with Crippen LogP contribution in [0.2, 0.25) is 0 Å². The van der Waals surface area contributed by atoms with Crippen LogP contribution in [0.25, 0.3) is 0 Å². The number of hydrogen-bond acceptors (Lipinski definition) is 5. The Morgan fingerprint density at radius 1 is 1.14 bits per heavy atom. The van der Waals surface area contributed by atoms with Crippen LogP contribution in [0.15, 0.2) is 29.7 Å². The van der Waals surface area contributed by atoms with Crippen LogP contribution in [0.5, 0.6) is 0 Å². The van der Waals surface area contributed by atoms with Crippen molar-refractivity contribution in [1.82, 2.24) is 19.5 Å². The van der Waals surface area contributed by atoms with Crippen molar-refractivity contribution < 1.29 is 0 Å². The molecule has 1 saturated heterocycles. The lowest BCUT2D eigenvalue weighted by Gasteiger charge is -2.32. The van der Waals surface area contributed by atoms with Crippen molar-refractivity contribution in [2.24, 2.45) is 5.92 Å². The van der Waals surface area contributed by atoms with E-state index in [-0.39, 0.29) is 5.56 Å². The van der Waals surface area contributed by atoms with E-state index in [0.29, 0.717) is 11.5 Å². The molecule has 0 aromatic carbocycles. The first-order valence-electron chi connectivity index (χ1n) is 7.68. The number of hydrogen-bond donors (Lipinski definition) is 0. The van der Waals surface area contributed by atoms with Gasteiger partial charge in [0.25, 0.3) is 5.56 Å². The van der Waals surface area contributed by atoms with Crippen LogP contribution in [0, 0.1) is 19.8 Å². The molecule has 0 amide bonds. The van der Waals surface area contributed by atoms with Crippen LogP contribution in [0.4, 0.5) is 5.95 Å². The van der Waals surface area contributed by atoms with Gasteiger partial charge in [0.1, 0.15) is 0 Å². The van der Waals surface area contributed by atoms with Gasteiger partial charge in [-0.05, 0) is 38.2 Å². The van der Waals surface area contributed by atoms with Crippen molar-refractivity contribution in [2.45, 2.75) is 33.2 Å². The predicted octanol–water partition coefficient (Wildman–Crippen LogP) is 1.57. The second-order valence-corrected chi connectivity index (χ2v) is 6.03. The van der Waals surface area contributed by atoms with E-state index < -0.39 is 0 Å². The molecule has 0 saturated carbocycles. The Morgan fingerprint density at radius 3 is 2.50 bits per heavy atom. The summed E-state index contributed by atoms with van der Waals surface area (Å²) in [6, 6.07) is 0. The van der Waals surface area contributed by atoms with Crippen molar-refractivity contribution in [3.05, 3.63) is 46.4 Å². The first kappa shape index (κ1) is 14.7. The molecule has 1 fully saturated rings. The maximum absolute atomic E-state index is 12.1. The van der Waals surface area contributed by atoms with E-state index in [2.05, 4.69) is 19.9 Å². The fourth-order valence-corrected chi connectivity index (χ4v) is 2.83. The van der Waals surface area contributed by atoms with Crippen molar-refractivity contribution in [1.29, 1.82) is 0 Å². The second kappa shape index (κ2) is 6.25. The van der Waals surface area contributed by atoms with Gasteiger partial charge in [0.15, 0.2) is 0 Å². The minimum atomic E-state index is 0.0688. The summed E-state index contributed by atoms with van der Waals surface area (Å²) in [5, 5.41) is 0. The Labute approximate surface area is 129 Å². The standard InChI is InChI=1S/C16H21N5O/c1-12-7-18-16(19-8-12)20-5-3-14(4-6-20)10-21-11-17-9-13(2)15(21)22/h7-9,11,14H,3-6,10H2,1-2H3. The minimum Gasteiger partial charge on any atom is -0.341 e. The molecule has 0 aliphatic carbocycles. The topological polar surface area (TPSA) is 63.9 Å². The molecule has 0 radical (unpaired) electrons. The van der Waals surface area contributed by atoms with Gasteiger partial charge in [-0.15, -0.1) is 0 Å². The highest BCUT2D eigenvalue weighted by Crippen LogP contribution is 2.21. The summed E-state index contributed by atoms with van der Waals surface area (Å²) >= 11 is 0. The third-order valence-corrected chi connectivity index (χ3v) is 4.19. The summed E-state index contributed by atoms with van der Waals surface area (Å²) in [5.41, 5.74) is 1.84. The van der Waals surface area contributed by atoms with E-state index in [1.165, 1.54) is 0 Å². The molecule has 0 spiro atoms. The summed E-state index contributed by atoms with van der Waals surface area (Å²) in [4.78, 5) is 27.2. The van der Waals surface area contributed by atoms with Crippen LogP contribution < -0.4 is 10.5 Å². The van der Waals surface area contributed by atoms with Gasteiger partial charge in [-0.25, -0.2) is 15.0 Å². The third kappa shape index (κ3) is 3.16. The lowest BCUT2D eigenvalue weighted by atomic mass is 9.97. The smallest absolute Gasteiger partial charge is 0.256 e. The molecule has 116 valence electrons. The molecule has 1 aliphatic heterocycles. The quantitative estimate of drug-likeness (QED) is 0.860.